The second kappa shape index (κ2) is 8.88. The minimum atomic E-state index is 0.280. The van der Waals surface area contributed by atoms with E-state index in [2.05, 4.69) is 51.3 Å². The molecule has 0 amide bonds. The van der Waals surface area contributed by atoms with Crippen molar-refractivity contribution in [1.29, 1.82) is 0 Å². The van der Waals surface area contributed by atoms with Crippen LogP contribution in [0.3, 0.4) is 0 Å². The number of likely N-dealkylation sites (tertiary alicyclic amines) is 1. The number of aromatic nitrogens is 2. The monoisotopic (exact) mass is 371 g/mol. The lowest BCUT2D eigenvalue weighted by Gasteiger charge is -2.21. The van der Waals surface area contributed by atoms with Gasteiger partial charge in [0, 0.05) is 44.9 Å². The largest absolute Gasteiger partial charge is 0.497 e. The van der Waals surface area contributed by atoms with Crippen molar-refractivity contribution >= 4 is 5.96 Å². The number of hydrogen-bond acceptors (Lipinski definition) is 5. The molecule has 1 atom stereocenters. The van der Waals surface area contributed by atoms with Gasteiger partial charge in [0.2, 0.25) is 5.89 Å². The molecule has 7 heteroatoms. The van der Waals surface area contributed by atoms with Crippen LogP contribution in [-0.4, -0.2) is 54.8 Å². The van der Waals surface area contributed by atoms with Gasteiger partial charge < -0.3 is 19.5 Å². The number of guanidine groups is 1. The van der Waals surface area contributed by atoms with Crippen LogP contribution in [0.2, 0.25) is 0 Å². The molecule has 7 nitrogen and oxygen atoms in total. The van der Waals surface area contributed by atoms with Gasteiger partial charge in [0.05, 0.1) is 7.11 Å². The van der Waals surface area contributed by atoms with Crippen LogP contribution in [0.1, 0.15) is 49.4 Å². The lowest BCUT2D eigenvalue weighted by molar-refractivity contribution is 0.370. The van der Waals surface area contributed by atoms with Crippen molar-refractivity contribution in [2.45, 2.75) is 38.5 Å². The summed E-state index contributed by atoms with van der Waals surface area (Å²) >= 11 is 0. The van der Waals surface area contributed by atoms with Gasteiger partial charge in [-0.1, -0.05) is 31.1 Å². The second-order valence-electron chi connectivity index (χ2n) is 7.13. The summed E-state index contributed by atoms with van der Waals surface area (Å²) < 4.78 is 10.5. The van der Waals surface area contributed by atoms with Crippen LogP contribution in [0, 0.1) is 0 Å². The normalized spacial score (nSPS) is 17.6. The molecule has 2 aromatic rings. The summed E-state index contributed by atoms with van der Waals surface area (Å²) in [5.41, 5.74) is 1.35. The molecule has 0 spiro atoms. The van der Waals surface area contributed by atoms with E-state index in [1.165, 1.54) is 5.56 Å². The zero-order chi connectivity index (χ0) is 19.2. The third-order valence-electron chi connectivity index (χ3n) is 4.91. The molecule has 1 unspecified atom stereocenters. The second-order valence-corrected chi connectivity index (χ2v) is 7.13. The minimum absolute atomic E-state index is 0.280. The van der Waals surface area contributed by atoms with Gasteiger partial charge in [-0.2, -0.15) is 4.98 Å². The van der Waals surface area contributed by atoms with Crippen molar-refractivity contribution in [3.05, 3.63) is 41.5 Å². The van der Waals surface area contributed by atoms with Gasteiger partial charge in [-0.05, 0) is 24.1 Å². The van der Waals surface area contributed by atoms with E-state index in [4.69, 9.17) is 9.26 Å². The molecule has 0 bridgehead atoms. The predicted molar refractivity (Wildman–Crippen MR) is 105 cm³/mol. The molecule has 1 fully saturated rings. The summed E-state index contributed by atoms with van der Waals surface area (Å²) in [7, 11) is 3.52. The minimum Gasteiger partial charge on any atom is -0.497 e. The first-order valence-electron chi connectivity index (χ1n) is 9.52. The standard InChI is InChI=1S/C20H29N5O2/c1-14(2)19-23-18(27-24-19)9-11-22-20(21-3)25-12-10-16(13-25)15-5-7-17(26-4)8-6-15/h5-8,14,16H,9-13H2,1-4H3,(H,21,22). The van der Waals surface area contributed by atoms with Gasteiger partial charge in [-0.25, -0.2) is 0 Å². The van der Waals surface area contributed by atoms with E-state index in [1.54, 1.807) is 7.11 Å². The summed E-state index contributed by atoms with van der Waals surface area (Å²) in [5, 5.41) is 7.42. The number of aliphatic imine (C=N–C) groups is 1. The van der Waals surface area contributed by atoms with E-state index in [0.29, 0.717) is 18.2 Å². The van der Waals surface area contributed by atoms with Crippen molar-refractivity contribution < 1.29 is 9.26 Å². The van der Waals surface area contributed by atoms with Gasteiger partial charge >= 0.3 is 0 Å². The molecule has 1 saturated heterocycles. The highest BCUT2D eigenvalue weighted by Gasteiger charge is 2.26. The van der Waals surface area contributed by atoms with Crippen LogP contribution in [-0.2, 0) is 6.42 Å². The highest BCUT2D eigenvalue weighted by atomic mass is 16.5. The zero-order valence-corrected chi connectivity index (χ0v) is 16.6. The fourth-order valence-electron chi connectivity index (χ4n) is 3.32. The van der Waals surface area contributed by atoms with E-state index in [-0.39, 0.29) is 5.92 Å². The van der Waals surface area contributed by atoms with Gasteiger partial charge in [-0.3, -0.25) is 4.99 Å². The Morgan fingerprint density at radius 2 is 2.15 bits per heavy atom. The molecule has 3 rings (SSSR count). The molecule has 0 saturated carbocycles. The SMILES string of the molecule is CN=C(NCCc1nc(C(C)C)no1)N1CCC(c2ccc(OC)cc2)C1. The molecule has 146 valence electrons. The van der Waals surface area contributed by atoms with Crippen molar-refractivity contribution in [2.24, 2.45) is 4.99 Å². The van der Waals surface area contributed by atoms with Crippen LogP contribution in [0.4, 0.5) is 0 Å². The van der Waals surface area contributed by atoms with E-state index >= 15 is 0 Å². The summed E-state index contributed by atoms with van der Waals surface area (Å²) in [6.07, 6.45) is 1.81. The van der Waals surface area contributed by atoms with E-state index in [1.807, 2.05) is 19.2 Å². The van der Waals surface area contributed by atoms with E-state index < -0.39 is 0 Å². The molecular formula is C20H29N5O2. The Labute approximate surface area is 160 Å². The Balaban J connectivity index is 1.50. The van der Waals surface area contributed by atoms with Crippen molar-refractivity contribution in [1.82, 2.24) is 20.4 Å². The number of nitrogens with zero attached hydrogens (tertiary/aromatic N) is 4. The molecule has 1 aliphatic rings. The van der Waals surface area contributed by atoms with Crippen LogP contribution in [0.15, 0.2) is 33.8 Å². The quantitative estimate of drug-likeness (QED) is 0.622. The lowest BCUT2D eigenvalue weighted by atomic mass is 9.98. The van der Waals surface area contributed by atoms with E-state index in [9.17, 15) is 0 Å². The summed E-state index contributed by atoms with van der Waals surface area (Å²) in [5.74, 6) is 4.04. The molecular weight excluding hydrogens is 342 g/mol. The maximum atomic E-state index is 5.30. The maximum absolute atomic E-state index is 5.30. The fourth-order valence-corrected chi connectivity index (χ4v) is 3.32. The van der Waals surface area contributed by atoms with Gasteiger partial charge in [0.15, 0.2) is 11.8 Å². The number of rotatable bonds is 6. The Morgan fingerprint density at radius 1 is 1.37 bits per heavy atom. The van der Waals surface area contributed by atoms with Crippen molar-refractivity contribution in [3.8, 4) is 5.75 Å². The maximum Gasteiger partial charge on any atom is 0.228 e. The highest BCUT2D eigenvalue weighted by molar-refractivity contribution is 5.80. The van der Waals surface area contributed by atoms with Gasteiger partial charge in [-0.15, -0.1) is 0 Å². The molecule has 1 aromatic heterocycles. The summed E-state index contributed by atoms with van der Waals surface area (Å²) in [6.45, 7) is 6.79. The van der Waals surface area contributed by atoms with Crippen molar-refractivity contribution in [3.63, 3.8) is 0 Å². The predicted octanol–water partition coefficient (Wildman–Crippen LogP) is 2.81. The summed E-state index contributed by atoms with van der Waals surface area (Å²) in [4.78, 5) is 11.2. The molecule has 1 aromatic carbocycles. The molecule has 27 heavy (non-hydrogen) atoms. The molecule has 1 N–H and O–H groups in total. The molecule has 1 aliphatic heterocycles. The first-order valence-corrected chi connectivity index (χ1v) is 9.52. The zero-order valence-electron chi connectivity index (χ0n) is 16.6. The molecule has 2 heterocycles. The fraction of sp³-hybridized carbons (Fsp3) is 0.550. The lowest BCUT2D eigenvalue weighted by Crippen LogP contribution is -2.40. The highest BCUT2D eigenvalue weighted by Crippen LogP contribution is 2.28. The van der Waals surface area contributed by atoms with Gasteiger partial charge in [0.1, 0.15) is 5.75 Å². The molecule has 0 aliphatic carbocycles. The average Bonchev–Trinajstić information content (AvgIpc) is 3.35. The number of nitrogens with one attached hydrogen (secondary N) is 1. The number of hydrogen-bond donors (Lipinski definition) is 1. The first-order chi connectivity index (χ1) is 13.1. The van der Waals surface area contributed by atoms with Crippen molar-refractivity contribution in [2.75, 3.05) is 33.8 Å². The third-order valence-corrected chi connectivity index (χ3v) is 4.91. The Bertz CT molecular complexity index is 754. The third kappa shape index (κ3) is 4.78. The summed E-state index contributed by atoms with van der Waals surface area (Å²) in [6, 6.07) is 8.37. The Kier molecular flexibility index (Phi) is 6.32. The first kappa shape index (κ1) is 19.2. The van der Waals surface area contributed by atoms with Crippen LogP contribution < -0.4 is 10.1 Å². The number of methoxy groups -OCH3 is 1. The molecule has 0 radical (unpaired) electrons. The smallest absolute Gasteiger partial charge is 0.228 e. The Hall–Kier alpha value is -2.57. The number of benzene rings is 1. The number of ether oxygens (including phenoxy) is 1. The van der Waals surface area contributed by atoms with Gasteiger partial charge in [0.25, 0.3) is 0 Å². The average molecular weight is 371 g/mol. The van der Waals surface area contributed by atoms with Crippen LogP contribution in [0.5, 0.6) is 5.75 Å². The Morgan fingerprint density at radius 3 is 2.78 bits per heavy atom. The topological polar surface area (TPSA) is 75.8 Å². The van der Waals surface area contributed by atoms with E-state index in [0.717, 1.165) is 43.6 Å². The van der Waals surface area contributed by atoms with Crippen LogP contribution >= 0.6 is 0 Å². The van der Waals surface area contributed by atoms with Crippen LogP contribution in [0.25, 0.3) is 0 Å².